The number of ether oxygens (including phenoxy) is 2. The van der Waals surface area contributed by atoms with Gasteiger partial charge in [0.15, 0.2) is 0 Å². The number of benzene rings is 1. The summed E-state index contributed by atoms with van der Waals surface area (Å²) < 4.78 is 10.6. The second kappa shape index (κ2) is 8.02. The highest BCUT2D eigenvalue weighted by Gasteiger charge is 2.13. The van der Waals surface area contributed by atoms with Gasteiger partial charge in [-0.15, -0.1) is 0 Å². The summed E-state index contributed by atoms with van der Waals surface area (Å²) in [4.78, 5) is 15.6. The Hall–Kier alpha value is -2.56. The van der Waals surface area contributed by atoms with E-state index in [9.17, 15) is 4.79 Å². The summed E-state index contributed by atoms with van der Waals surface area (Å²) >= 11 is 0. The first-order valence-electron chi connectivity index (χ1n) is 7.24. The van der Waals surface area contributed by atoms with Gasteiger partial charge in [0.25, 0.3) is 0 Å². The molecule has 2 rings (SSSR count). The average molecular weight is 300 g/mol. The molecule has 116 valence electrons. The molecule has 0 aliphatic heterocycles. The minimum absolute atomic E-state index is 0.264. The monoisotopic (exact) mass is 300 g/mol. The summed E-state index contributed by atoms with van der Waals surface area (Å²) in [5.41, 5.74) is 1.86. The smallest absolute Gasteiger partial charge is 0.328 e. The second-order valence-corrected chi connectivity index (χ2v) is 4.79. The zero-order valence-corrected chi connectivity index (χ0v) is 12.8. The fourth-order valence-electron chi connectivity index (χ4n) is 1.87. The molecule has 2 aromatic rings. The summed E-state index contributed by atoms with van der Waals surface area (Å²) in [5.74, 6) is 0.498. The minimum atomic E-state index is -0.387. The molecule has 0 saturated carbocycles. The van der Waals surface area contributed by atoms with Gasteiger partial charge < -0.3 is 14.8 Å². The van der Waals surface area contributed by atoms with E-state index in [1.54, 1.807) is 26.2 Å². The van der Waals surface area contributed by atoms with Crippen LogP contribution in [-0.2, 0) is 16.1 Å². The van der Waals surface area contributed by atoms with E-state index in [2.05, 4.69) is 10.3 Å². The van der Waals surface area contributed by atoms with E-state index in [0.29, 0.717) is 13.2 Å². The van der Waals surface area contributed by atoms with Crippen LogP contribution in [0.25, 0.3) is 0 Å². The number of aromatic nitrogens is 1. The van der Waals surface area contributed by atoms with Crippen molar-refractivity contribution >= 4 is 11.7 Å². The highest BCUT2D eigenvalue weighted by molar-refractivity contribution is 5.78. The van der Waals surface area contributed by atoms with Crippen molar-refractivity contribution in [1.29, 1.82) is 0 Å². The standard InChI is InChI=1S/C17H20N2O3/c1-3-21-17(20)13(2)19-15-6-8-16(9-7-15)22-12-14-5-4-10-18-11-14/h4-11,13,19H,3,12H2,1-2H3. The summed E-state index contributed by atoms with van der Waals surface area (Å²) in [6.07, 6.45) is 3.51. The first-order chi connectivity index (χ1) is 10.7. The van der Waals surface area contributed by atoms with Crippen molar-refractivity contribution in [3.63, 3.8) is 0 Å². The third-order valence-electron chi connectivity index (χ3n) is 3.01. The van der Waals surface area contributed by atoms with Gasteiger partial charge in [-0.1, -0.05) is 6.07 Å². The SMILES string of the molecule is CCOC(=O)C(C)Nc1ccc(OCc2cccnc2)cc1. The van der Waals surface area contributed by atoms with E-state index < -0.39 is 0 Å². The third kappa shape index (κ3) is 4.77. The molecule has 22 heavy (non-hydrogen) atoms. The molecule has 1 atom stereocenters. The molecule has 5 heteroatoms. The normalized spacial score (nSPS) is 11.5. The van der Waals surface area contributed by atoms with Crippen LogP contribution in [0, 0.1) is 0 Å². The molecule has 0 bridgehead atoms. The fraction of sp³-hybridized carbons (Fsp3) is 0.294. The predicted molar refractivity (Wildman–Crippen MR) is 84.7 cm³/mol. The molecule has 1 N–H and O–H groups in total. The Morgan fingerprint density at radius 3 is 2.68 bits per heavy atom. The van der Waals surface area contributed by atoms with Crippen LogP contribution >= 0.6 is 0 Å². The molecule has 0 saturated heterocycles. The van der Waals surface area contributed by atoms with E-state index in [1.165, 1.54) is 0 Å². The fourth-order valence-corrected chi connectivity index (χ4v) is 1.87. The number of carbonyl (C=O) groups excluding carboxylic acids is 1. The number of nitrogens with one attached hydrogen (secondary N) is 1. The first-order valence-corrected chi connectivity index (χ1v) is 7.24. The molecule has 0 fully saturated rings. The van der Waals surface area contributed by atoms with Crippen molar-refractivity contribution in [3.8, 4) is 5.75 Å². The Morgan fingerprint density at radius 2 is 2.05 bits per heavy atom. The molecule has 0 aliphatic carbocycles. The lowest BCUT2D eigenvalue weighted by Gasteiger charge is -2.14. The predicted octanol–water partition coefficient (Wildman–Crippen LogP) is 3.02. The Kier molecular flexibility index (Phi) is 5.77. The maximum Gasteiger partial charge on any atom is 0.328 e. The number of nitrogens with zero attached hydrogens (tertiary/aromatic N) is 1. The Morgan fingerprint density at radius 1 is 1.27 bits per heavy atom. The zero-order chi connectivity index (χ0) is 15.8. The molecule has 0 spiro atoms. The van der Waals surface area contributed by atoms with E-state index in [4.69, 9.17) is 9.47 Å². The van der Waals surface area contributed by atoms with E-state index in [0.717, 1.165) is 17.0 Å². The maximum absolute atomic E-state index is 11.6. The van der Waals surface area contributed by atoms with Crippen LogP contribution in [0.1, 0.15) is 19.4 Å². The van der Waals surface area contributed by atoms with Gasteiger partial charge in [-0.25, -0.2) is 4.79 Å². The molecule has 5 nitrogen and oxygen atoms in total. The highest BCUT2D eigenvalue weighted by atomic mass is 16.5. The van der Waals surface area contributed by atoms with Gasteiger partial charge in [-0.2, -0.15) is 0 Å². The Balaban J connectivity index is 1.86. The number of rotatable bonds is 7. The Labute approximate surface area is 130 Å². The van der Waals surface area contributed by atoms with Crippen molar-refractivity contribution in [2.75, 3.05) is 11.9 Å². The minimum Gasteiger partial charge on any atom is -0.489 e. The number of carbonyl (C=O) groups is 1. The van der Waals surface area contributed by atoms with Crippen molar-refractivity contribution in [1.82, 2.24) is 4.98 Å². The van der Waals surface area contributed by atoms with Gasteiger partial charge in [0.1, 0.15) is 18.4 Å². The largest absolute Gasteiger partial charge is 0.489 e. The molecular formula is C17H20N2O3. The van der Waals surface area contributed by atoms with Crippen molar-refractivity contribution in [2.45, 2.75) is 26.5 Å². The quantitative estimate of drug-likeness (QED) is 0.796. The number of hydrogen-bond donors (Lipinski definition) is 1. The van der Waals surface area contributed by atoms with Crippen LogP contribution in [0.3, 0.4) is 0 Å². The number of esters is 1. The van der Waals surface area contributed by atoms with Crippen molar-refractivity contribution in [3.05, 3.63) is 54.4 Å². The van der Waals surface area contributed by atoms with Crippen LogP contribution in [0.4, 0.5) is 5.69 Å². The van der Waals surface area contributed by atoms with Crippen LogP contribution in [0.2, 0.25) is 0 Å². The van der Waals surface area contributed by atoms with Crippen LogP contribution < -0.4 is 10.1 Å². The second-order valence-electron chi connectivity index (χ2n) is 4.79. The van der Waals surface area contributed by atoms with Gasteiger partial charge >= 0.3 is 5.97 Å². The molecule has 1 heterocycles. The molecule has 0 radical (unpaired) electrons. The molecule has 1 aromatic carbocycles. The number of pyridine rings is 1. The van der Waals surface area contributed by atoms with E-state index in [-0.39, 0.29) is 12.0 Å². The Bertz CT molecular complexity index is 585. The van der Waals surface area contributed by atoms with Crippen LogP contribution in [0.15, 0.2) is 48.8 Å². The van der Waals surface area contributed by atoms with Crippen LogP contribution in [-0.4, -0.2) is 23.6 Å². The summed E-state index contributed by atoms with van der Waals surface area (Å²) in [5, 5.41) is 3.09. The molecular weight excluding hydrogens is 280 g/mol. The summed E-state index contributed by atoms with van der Waals surface area (Å²) in [6, 6.07) is 10.9. The van der Waals surface area contributed by atoms with E-state index >= 15 is 0 Å². The number of hydrogen-bond acceptors (Lipinski definition) is 5. The molecule has 0 amide bonds. The highest BCUT2D eigenvalue weighted by Crippen LogP contribution is 2.17. The molecule has 0 aliphatic rings. The van der Waals surface area contributed by atoms with E-state index in [1.807, 2.05) is 36.4 Å². The van der Waals surface area contributed by atoms with Gasteiger partial charge in [0.05, 0.1) is 6.61 Å². The third-order valence-corrected chi connectivity index (χ3v) is 3.01. The van der Waals surface area contributed by atoms with Gasteiger partial charge in [-0.3, -0.25) is 4.98 Å². The van der Waals surface area contributed by atoms with Gasteiger partial charge in [0, 0.05) is 23.6 Å². The molecule has 1 unspecified atom stereocenters. The lowest BCUT2D eigenvalue weighted by Crippen LogP contribution is -2.28. The van der Waals surface area contributed by atoms with Crippen molar-refractivity contribution in [2.24, 2.45) is 0 Å². The van der Waals surface area contributed by atoms with Gasteiger partial charge in [0.2, 0.25) is 0 Å². The average Bonchev–Trinajstić information content (AvgIpc) is 2.55. The topological polar surface area (TPSA) is 60.5 Å². The van der Waals surface area contributed by atoms with Crippen molar-refractivity contribution < 1.29 is 14.3 Å². The van der Waals surface area contributed by atoms with Crippen LogP contribution in [0.5, 0.6) is 5.75 Å². The maximum atomic E-state index is 11.6. The summed E-state index contributed by atoms with van der Waals surface area (Å²) in [7, 11) is 0. The number of anilines is 1. The summed E-state index contributed by atoms with van der Waals surface area (Å²) in [6.45, 7) is 4.41. The lowest BCUT2D eigenvalue weighted by atomic mass is 10.2. The first kappa shape index (κ1) is 15.8. The lowest BCUT2D eigenvalue weighted by molar-refractivity contribution is -0.143. The zero-order valence-electron chi connectivity index (χ0n) is 12.8. The molecule has 1 aromatic heterocycles. The van der Waals surface area contributed by atoms with Gasteiger partial charge in [-0.05, 0) is 44.2 Å².